The molecule has 1 aromatic rings. The van der Waals surface area contributed by atoms with Crippen LogP contribution in [-0.2, 0) is 0 Å². The van der Waals surface area contributed by atoms with Crippen molar-refractivity contribution in [2.75, 3.05) is 0 Å². The van der Waals surface area contributed by atoms with E-state index in [0.717, 1.165) is 0 Å². The van der Waals surface area contributed by atoms with Gasteiger partial charge in [-0.05, 0) is 32.9 Å². The summed E-state index contributed by atoms with van der Waals surface area (Å²) in [6, 6.07) is -0.497. The molecule has 0 amide bonds. The SMILES string of the molecule is NC(c1csc(Br)c1)C(F)(F)F. The van der Waals surface area contributed by atoms with Gasteiger partial charge in [0.1, 0.15) is 6.04 Å². The van der Waals surface area contributed by atoms with E-state index in [1.807, 2.05) is 0 Å². The Balaban J connectivity index is 2.85. The molecule has 0 aliphatic rings. The summed E-state index contributed by atoms with van der Waals surface area (Å²) in [5, 5.41) is 1.39. The molecule has 0 aliphatic carbocycles. The van der Waals surface area contributed by atoms with Crippen molar-refractivity contribution < 1.29 is 13.2 Å². The molecule has 0 saturated carbocycles. The minimum Gasteiger partial charge on any atom is -0.316 e. The van der Waals surface area contributed by atoms with Crippen molar-refractivity contribution in [1.29, 1.82) is 0 Å². The lowest BCUT2D eigenvalue weighted by molar-refractivity contribution is -0.149. The number of hydrogen-bond donors (Lipinski definition) is 1. The Bertz CT molecular complexity index is 270. The number of nitrogens with two attached hydrogens (primary N) is 1. The fourth-order valence-electron chi connectivity index (χ4n) is 0.675. The molecule has 0 spiro atoms. The van der Waals surface area contributed by atoms with E-state index in [1.165, 1.54) is 22.8 Å². The van der Waals surface area contributed by atoms with Crippen LogP contribution in [0.1, 0.15) is 11.6 Å². The maximum Gasteiger partial charge on any atom is 0.407 e. The van der Waals surface area contributed by atoms with Crippen LogP contribution < -0.4 is 5.73 Å². The number of hydrogen-bond acceptors (Lipinski definition) is 2. The lowest BCUT2D eigenvalue weighted by atomic mass is 10.2. The van der Waals surface area contributed by atoms with Crippen molar-refractivity contribution in [1.82, 2.24) is 0 Å². The zero-order chi connectivity index (χ0) is 9.35. The number of halogens is 4. The first-order valence-corrected chi connectivity index (χ1v) is 4.65. The third-order valence-corrected chi connectivity index (χ3v) is 2.82. The van der Waals surface area contributed by atoms with E-state index in [4.69, 9.17) is 5.73 Å². The Morgan fingerprint density at radius 2 is 2.08 bits per heavy atom. The second-order valence-electron chi connectivity index (χ2n) is 2.20. The standard InChI is InChI=1S/C6H5BrF3NS/c7-4-1-3(2-12-4)5(11)6(8,9)10/h1-2,5H,11H2. The molecule has 1 atom stereocenters. The molecule has 1 unspecified atom stereocenters. The summed E-state index contributed by atoms with van der Waals surface area (Å²) in [4.78, 5) is 0. The van der Waals surface area contributed by atoms with Crippen LogP contribution in [-0.4, -0.2) is 6.18 Å². The maximum absolute atomic E-state index is 12.0. The molecule has 1 rings (SSSR count). The molecule has 12 heavy (non-hydrogen) atoms. The van der Waals surface area contributed by atoms with Crippen LogP contribution in [0.25, 0.3) is 0 Å². The fraction of sp³-hybridized carbons (Fsp3) is 0.333. The van der Waals surface area contributed by atoms with Crippen LogP contribution in [0.3, 0.4) is 0 Å². The molecular weight excluding hydrogens is 255 g/mol. The largest absolute Gasteiger partial charge is 0.407 e. The topological polar surface area (TPSA) is 26.0 Å². The van der Waals surface area contributed by atoms with E-state index in [2.05, 4.69) is 15.9 Å². The average Bonchev–Trinajstić information content (AvgIpc) is 2.32. The third kappa shape index (κ3) is 2.21. The monoisotopic (exact) mass is 259 g/mol. The quantitative estimate of drug-likeness (QED) is 0.825. The molecule has 0 aliphatic heterocycles. The Labute approximate surface area is 79.5 Å². The molecule has 2 N–H and O–H groups in total. The molecule has 0 bridgehead atoms. The van der Waals surface area contributed by atoms with E-state index in [0.29, 0.717) is 3.79 Å². The summed E-state index contributed by atoms with van der Waals surface area (Å²) >= 11 is 4.25. The number of thiophene rings is 1. The first kappa shape index (κ1) is 10.0. The van der Waals surface area contributed by atoms with E-state index in [9.17, 15) is 13.2 Å². The smallest absolute Gasteiger partial charge is 0.316 e. The molecule has 1 heterocycles. The molecular formula is C6H5BrF3NS. The third-order valence-electron chi connectivity index (χ3n) is 1.30. The van der Waals surface area contributed by atoms with E-state index in [-0.39, 0.29) is 5.56 Å². The zero-order valence-electron chi connectivity index (χ0n) is 5.73. The van der Waals surface area contributed by atoms with Gasteiger partial charge in [0.25, 0.3) is 0 Å². The molecule has 6 heteroatoms. The van der Waals surface area contributed by atoms with Crippen LogP contribution in [0.5, 0.6) is 0 Å². The normalized spacial score (nSPS) is 14.8. The molecule has 68 valence electrons. The van der Waals surface area contributed by atoms with Crippen molar-refractivity contribution in [3.8, 4) is 0 Å². The highest BCUT2D eigenvalue weighted by atomic mass is 79.9. The molecule has 1 nitrogen and oxygen atoms in total. The van der Waals surface area contributed by atoms with Crippen LogP contribution >= 0.6 is 27.3 Å². The van der Waals surface area contributed by atoms with Crippen LogP contribution in [0.15, 0.2) is 15.2 Å². The van der Waals surface area contributed by atoms with Gasteiger partial charge in [0.05, 0.1) is 3.79 Å². The van der Waals surface area contributed by atoms with Gasteiger partial charge in [0, 0.05) is 0 Å². The second-order valence-corrected chi connectivity index (χ2v) is 4.49. The second kappa shape index (κ2) is 3.35. The van der Waals surface area contributed by atoms with Gasteiger partial charge < -0.3 is 5.73 Å². The van der Waals surface area contributed by atoms with Crippen molar-refractivity contribution >= 4 is 27.3 Å². The first-order chi connectivity index (χ1) is 5.41. The van der Waals surface area contributed by atoms with Gasteiger partial charge in [0.15, 0.2) is 0 Å². The Kier molecular flexibility index (Phi) is 2.80. The van der Waals surface area contributed by atoms with E-state index in [1.54, 1.807) is 0 Å². The van der Waals surface area contributed by atoms with Gasteiger partial charge in [-0.3, -0.25) is 0 Å². The van der Waals surface area contributed by atoms with E-state index < -0.39 is 12.2 Å². The summed E-state index contributed by atoms with van der Waals surface area (Å²) in [5.41, 5.74) is 5.04. The highest BCUT2D eigenvalue weighted by Crippen LogP contribution is 2.33. The summed E-state index contributed by atoms with van der Waals surface area (Å²) in [5.74, 6) is 0. The molecule has 0 aromatic carbocycles. The minimum absolute atomic E-state index is 0.0966. The van der Waals surface area contributed by atoms with Gasteiger partial charge in [-0.1, -0.05) is 0 Å². The van der Waals surface area contributed by atoms with Crippen LogP contribution in [0.4, 0.5) is 13.2 Å². The van der Waals surface area contributed by atoms with Gasteiger partial charge in [0.2, 0.25) is 0 Å². The van der Waals surface area contributed by atoms with Crippen molar-refractivity contribution in [3.63, 3.8) is 0 Å². The maximum atomic E-state index is 12.0. The Morgan fingerprint density at radius 3 is 2.42 bits per heavy atom. The highest BCUT2D eigenvalue weighted by Gasteiger charge is 2.38. The fourth-order valence-corrected chi connectivity index (χ4v) is 1.89. The van der Waals surface area contributed by atoms with Crippen molar-refractivity contribution in [2.45, 2.75) is 12.2 Å². The van der Waals surface area contributed by atoms with Gasteiger partial charge >= 0.3 is 6.18 Å². The Hall–Kier alpha value is -0.0700. The summed E-state index contributed by atoms with van der Waals surface area (Å²) in [7, 11) is 0. The lowest BCUT2D eigenvalue weighted by Gasteiger charge is -2.13. The minimum atomic E-state index is -4.36. The summed E-state index contributed by atoms with van der Waals surface area (Å²) in [6.07, 6.45) is -4.36. The Morgan fingerprint density at radius 1 is 1.50 bits per heavy atom. The molecule has 0 radical (unpaired) electrons. The predicted octanol–water partition coefficient (Wildman–Crippen LogP) is 3.07. The van der Waals surface area contributed by atoms with E-state index >= 15 is 0 Å². The van der Waals surface area contributed by atoms with Gasteiger partial charge in [-0.25, -0.2) is 0 Å². The first-order valence-electron chi connectivity index (χ1n) is 2.97. The van der Waals surface area contributed by atoms with Crippen LogP contribution in [0.2, 0.25) is 0 Å². The molecule has 0 saturated heterocycles. The number of rotatable bonds is 1. The molecule has 1 aromatic heterocycles. The lowest BCUT2D eigenvalue weighted by Crippen LogP contribution is -2.27. The molecule has 0 fully saturated rings. The predicted molar refractivity (Wildman–Crippen MR) is 45.0 cm³/mol. The van der Waals surface area contributed by atoms with Crippen LogP contribution in [0, 0.1) is 0 Å². The summed E-state index contributed by atoms with van der Waals surface area (Å²) < 4.78 is 36.7. The van der Waals surface area contributed by atoms with Crippen molar-refractivity contribution in [2.24, 2.45) is 5.73 Å². The number of alkyl halides is 3. The van der Waals surface area contributed by atoms with Gasteiger partial charge in [-0.15, -0.1) is 11.3 Å². The van der Waals surface area contributed by atoms with Gasteiger partial charge in [-0.2, -0.15) is 13.2 Å². The average molecular weight is 260 g/mol. The summed E-state index contributed by atoms with van der Waals surface area (Å²) in [6.45, 7) is 0. The highest BCUT2D eigenvalue weighted by molar-refractivity contribution is 9.11. The van der Waals surface area contributed by atoms with Crippen molar-refractivity contribution in [3.05, 3.63) is 20.8 Å². The zero-order valence-corrected chi connectivity index (χ0v) is 8.13.